The zero-order chi connectivity index (χ0) is 20.4. The Hall–Kier alpha value is -1.42. The van der Waals surface area contributed by atoms with Crippen molar-refractivity contribution in [1.82, 2.24) is 0 Å². The van der Waals surface area contributed by atoms with Crippen LogP contribution in [0.15, 0.2) is 24.8 Å². The molecule has 28 heavy (non-hydrogen) atoms. The van der Waals surface area contributed by atoms with E-state index in [9.17, 15) is 14.7 Å². The first-order chi connectivity index (χ1) is 13.1. The summed E-state index contributed by atoms with van der Waals surface area (Å²) in [6.45, 7) is 12.4. The smallest absolute Gasteiger partial charge is 0.312 e. The van der Waals surface area contributed by atoms with Gasteiger partial charge in [-0.3, -0.25) is 9.59 Å². The number of hydrogen-bond donors (Lipinski definition) is 1. The molecule has 0 aromatic rings. The van der Waals surface area contributed by atoms with Gasteiger partial charge >= 0.3 is 5.97 Å². The van der Waals surface area contributed by atoms with Gasteiger partial charge in [0.1, 0.15) is 0 Å². The van der Waals surface area contributed by atoms with Gasteiger partial charge in [0.05, 0.1) is 17.6 Å². The highest BCUT2D eigenvalue weighted by Gasteiger charge is 2.71. The number of carbonyl (C=O) groups is 2. The summed E-state index contributed by atoms with van der Waals surface area (Å²) in [5.41, 5.74) is -1.62. The third-order valence-electron chi connectivity index (χ3n) is 9.08. The van der Waals surface area contributed by atoms with Crippen LogP contribution in [0.4, 0.5) is 0 Å². The van der Waals surface area contributed by atoms with Gasteiger partial charge < -0.3 is 9.84 Å². The summed E-state index contributed by atoms with van der Waals surface area (Å²) in [5, 5.41) is 11.0. The first-order valence-electron chi connectivity index (χ1n) is 10.9. The molecule has 0 heterocycles. The fraction of sp³-hybridized carbons (Fsp3) is 0.750. The van der Waals surface area contributed by atoms with Crippen LogP contribution in [0.2, 0.25) is 0 Å². The van der Waals surface area contributed by atoms with E-state index in [1.54, 1.807) is 6.08 Å². The number of fused-ring (bicyclic) bond motifs is 3. The Balaban J connectivity index is 1.67. The molecule has 1 N–H and O–H groups in total. The number of rotatable bonds is 4. The lowest BCUT2D eigenvalue weighted by atomic mass is 9.40. The summed E-state index contributed by atoms with van der Waals surface area (Å²) in [5.74, 6) is 0.438. The summed E-state index contributed by atoms with van der Waals surface area (Å²) < 4.78 is 5.64. The maximum atomic E-state index is 13.3. The summed E-state index contributed by atoms with van der Waals surface area (Å²) >= 11 is 0. The molecule has 0 aliphatic heterocycles. The van der Waals surface area contributed by atoms with Crippen molar-refractivity contribution in [3.63, 3.8) is 0 Å². The molecule has 0 saturated heterocycles. The standard InChI is InChI=1S/C24H34O4/c1-5-6-14-28-20(26)22(4)11-7-10-21(3)17(22)8-12-23-15-24(27,13-9-18(21)23)16(2)19(23)25/h5,17-18,27H,1-2,6-15H2,3-4H3/t17-,18-,21+,22+,23+,24-/m0/s1. The number of esters is 1. The molecule has 6 atom stereocenters. The molecule has 4 fully saturated rings. The zero-order valence-corrected chi connectivity index (χ0v) is 17.4. The molecule has 4 nitrogen and oxygen atoms in total. The fourth-order valence-corrected chi connectivity index (χ4v) is 7.76. The lowest BCUT2D eigenvalue weighted by Gasteiger charge is -2.63. The number of hydrogen-bond acceptors (Lipinski definition) is 4. The van der Waals surface area contributed by atoms with Crippen molar-refractivity contribution in [2.24, 2.45) is 28.1 Å². The molecule has 4 saturated carbocycles. The Kier molecular flexibility index (Phi) is 4.46. The predicted molar refractivity (Wildman–Crippen MR) is 107 cm³/mol. The average Bonchev–Trinajstić information content (AvgIpc) is 2.78. The van der Waals surface area contributed by atoms with Crippen LogP contribution in [0.3, 0.4) is 0 Å². The van der Waals surface area contributed by atoms with E-state index in [2.05, 4.69) is 27.0 Å². The van der Waals surface area contributed by atoms with Gasteiger partial charge in [-0.1, -0.05) is 26.0 Å². The van der Waals surface area contributed by atoms with E-state index in [1.165, 1.54) is 0 Å². The molecule has 154 valence electrons. The van der Waals surface area contributed by atoms with Gasteiger partial charge in [0.25, 0.3) is 0 Å². The van der Waals surface area contributed by atoms with Gasteiger partial charge in [-0.25, -0.2) is 0 Å². The highest BCUT2D eigenvalue weighted by Crippen LogP contribution is 2.71. The maximum absolute atomic E-state index is 13.3. The van der Waals surface area contributed by atoms with Crippen LogP contribution in [0.5, 0.6) is 0 Å². The van der Waals surface area contributed by atoms with Crippen LogP contribution < -0.4 is 0 Å². The highest BCUT2D eigenvalue weighted by atomic mass is 16.5. The molecular weight excluding hydrogens is 352 g/mol. The van der Waals surface area contributed by atoms with Crippen molar-refractivity contribution in [3.05, 3.63) is 24.8 Å². The van der Waals surface area contributed by atoms with Crippen LogP contribution in [-0.4, -0.2) is 29.1 Å². The molecular formula is C24H34O4. The van der Waals surface area contributed by atoms with Gasteiger partial charge in [0.2, 0.25) is 0 Å². The molecule has 2 bridgehead atoms. The molecule has 4 heteroatoms. The molecule has 1 spiro atoms. The van der Waals surface area contributed by atoms with E-state index in [-0.39, 0.29) is 29.0 Å². The number of aliphatic hydroxyl groups is 1. The minimum Gasteiger partial charge on any atom is -0.465 e. The second-order valence-electron chi connectivity index (χ2n) is 10.3. The van der Waals surface area contributed by atoms with Gasteiger partial charge in [0, 0.05) is 11.0 Å². The van der Waals surface area contributed by atoms with Crippen LogP contribution in [0.1, 0.15) is 71.6 Å². The second-order valence-corrected chi connectivity index (χ2v) is 10.3. The lowest BCUT2D eigenvalue weighted by molar-refractivity contribution is -0.191. The van der Waals surface area contributed by atoms with Gasteiger partial charge in [-0.2, -0.15) is 0 Å². The minimum atomic E-state index is -1.00. The Morgan fingerprint density at radius 2 is 1.93 bits per heavy atom. The Morgan fingerprint density at radius 1 is 1.21 bits per heavy atom. The number of Topliss-reactive ketones (excluding diaryl/α,β-unsaturated/α-hetero) is 1. The third-order valence-corrected chi connectivity index (χ3v) is 9.08. The van der Waals surface area contributed by atoms with Crippen LogP contribution in [0, 0.1) is 28.1 Å². The Morgan fingerprint density at radius 3 is 2.64 bits per heavy atom. The highest BCUT2D eigenvalue weighted by molar-refractivity contribution is 6.04. The molecule has 0 aromatic heterocycles. The Labute approximate surface area is 168 Å². The van der Waals surface area contributed by atoms with Crippen molar-refractivity contribution >= 4 is 11.8 Å². The predicted octanol–water partition coefficient (Wildman–Crippen LogP) is 4.37. The lowest BCUT2D eigenvalue weighted by Crippen LogP contribution is -2.60. The van der Waals surface area contributed by atoms with E-state index >= 15 is 0 Å². The zero-order valence-electron chi connectivity index (χ0n) is 17.4. The monoisotopic (exact) mass is 386 g/mol. The molecule has 0 unspecified atom stereocenters. The van der Waals surface area contributed by atoms with Gasteiger partial charge in [-0.05, 0) is 75.5 Å². The normalized spacial score (nSPS) is 47.2. The maximum Gasteiger partial charge on any atom is 0.312 e. The van der Waals surface area contributed by atoms with E-state index in [0.717, 1.165) is 38.5 Å². The van der Waals surface area contributed by atoms with Crippen molar-refractivity contribution in [3.8, 4) is 0 Å². The van der Waals surface area contributed by atoms with Crippen LogP contribution >= 0.6 is 0 Å². The van der Waals surface area contributed by atoms with Gasteiger partial charge in [0.15, 0.2) is 5.78 Å². The van der Waals surface area contributed by atoms with Gasteiger partial charge in [-0.15, -0.1) is 6.58 Å². The Bertz CT molecular complexity index is 741. The number of carbonyl (C=O) groups excluding carboxylic acids is 2. The largest absolute Gasteiger partial charge is 0.465 e. The summed E-state index contributed by atoms with van der Waals surface area (Å²) in [6.07, 6.45) is 8.91. The van der Waals surface area contributed by atoms with Crippen molar-refractivity contribution in [2.75, 3.05) is 6.61 Å². The quantitative estimate of drug-likeness (QED) is 0.337. The van der Waals surface area contributed by atoms with Crippen molar-refractivity contribution < 1.29 is 19.4 Å². The summed E-state index contributed by atoms with van der Waals surface area (Å²) in [7, 11) is 0. The summed E-state index contributed by atoms with van der Waals surface area (Å²) in [6, 6.07) is 0. The first kappa shape index (κ1) is 19.9. The van der Waals surface area contributed by atoms with Crippen LogP contribution in [-0.2, 0) is 14.3 Å². The van der Waals surface area contributed by atoms with Crippen molar-refractivity contribution in [1.29, 1.82) is 0 Å². The van der Waals surface area contributed by atoms with E-state index in [1.807, 2.05) is 0 Å². The van der Waals surface area contributed by atoms with Crippen LogP contribution in [0.25, 0.3) is 0 Å². The van der Waals surface area contributed by atoms with Crippen molar-refractivity contribution in [2.45, 2.75) is 77.2 Å². The fourth-order valence-electron chi connectivity index (χ4n) is 7.76. The molecule has 0 amide bonds. The SMILES string of the molecule is C=CCCOC(=O)[C@]1(C)CCC[C@@]2(C)[C@@H]3CC[C@]4(O)C[C@@]3(CC[C@@H]21)C(=O)C4=C. The minimum absolute atomic E-state index is 0.0791. The third kappa shape index (κ3) is 2.39. The summed E-state index contributed by atoms with van der Waals surface area (Å²) in [4.78, 5) is 26.4. The number of ketones is 1. The van der Waals surface area contributed by atoms with E-state index in [0.29, 0.717) is 31.4 Å². The van der Waals surface area contributed by atoms with E-state index < -0.39 is 16.4 Å². The topological polar surface area (TPSA) is 63.6 Å². The molecule has 0 radical (unpaired) electrons. The molecule has 4 aliphatic rings. The number of ether oxygens (including phenoxy) is 1. The van der Waals surface area contributed by atoms with E-state index in [4.69, 9.17) is 4.74 Å². The molecule has 0 aromatic carbocycles. The average molecular weight is 387 g/mol. The second kappa shape index (κ2) is 6.29. The first-order valence-corrected chi connectivity index (χ1v) is 10.9. The molecule has 4 rings (SSSR count). The molecule has 4 aliphatic carbocycles.